The van der Waals surface area contributed by atoms with Crippen LogP contribution in [0.5, 0.6) is 0 Å². The second-order valence-electron chi connectivity index (χ2n) is 6.03. The fraction of sp³-hybridized carbons (Fsp3) is 0.556. The molecule has 0 spiro atoms. The van der Waals surface area contributed by atoms with Crippen LogP contribution in [-0.2, 0) is 0 Å². The van der Waals surface area contributed by atoms with Crippen LogP contribution in [0, 0.1) is 0 Å². The molecule has 1 aliphatic carbocycles. The molecule has 0 aliphatic heterocycles. The maximum absolute atomic E-state index is 12.0. The van der Waals surface area contributed by atoms with Gasteiger partial charge < -0.3 is 10.6 Å². The average molecular weight is 339 g/mol. The topological polar surface area (TPSA) is 58.2 Å². The van der Waals surface area contributed by atoms with Gasteiger partial charge in [-0.25, -0.2) is 0 Å². The van der Waals surface area contributed by atoms with Crippen molar-refractivity contribution in [2.45, 2.75) is 51.5 Å². The molecule has 1 aromatic carbocycles. The Morgan fingerprint density at radius 2 is 1.52 bits per heavy atom. The molecule has 0 saturated heterocycles. The van der Waals surface area contributed by atoms with E-state index in [2.05, 4.69) is 10.6 Å². The van der Waals surface area contributed by atoms with Crippen LogP contribution in [0.25, 0.3) is 0 Å². The third-order valence-corrected chi connectivity index (χ3v) is 4.25. The Morgan fingerprint density at radius 1 is 0.957 bits per heavy atom. The van der Waals surface area contributed by atoms with Crippen molar-refractivity contribution < 1.29 is 9.59 Å². The first-order chi connectivity index (χ1) is 10.7. The van der Waals surface area contributed by atoms with Crippen molar-refractivity contribution in [2.75, 3.05) is 13.1 Å². The molecule has 0 atom stereocenters. The van der Waals surface area contributed by atoms with E-state index < -0.39 is 0 Å². The largest absolute Gasteiger partial charge is 0.351 e. The van der Waals surface area contributed by atoms with Gasteiger partial charge in [0.15, 0.2) is 5.78 Å². The summed E-state index contributed by atoms with van der Waals surface area (Å²) in [6.45, 7) is 2.96. The van der Waals surface area contributed by atoms with E-state index in [1.165, 1.54) is 45.4 Å². The first kappa shape index (κ1) is 19.7. The van der Waals surface area contributed by atoms with Crippen LogP contribution in [0.2, 0.25) is 0 Å². The van der Waals surface area contributed by atoms with E-state index in [9.17, 15) is 9.59 Å². The molecular formula is C18H27ClN2O2. The van der Waals surface area contributed by atoms with E-state index in [1.54, 1.807) is 24.3 Å². The maximum Gasteiger partial charge on any atom is 0.251 e. The summed E-state index contributed by atoms with van der Waals surface area (Å²) in [6, 6.07) is 7.40. The number of hydrogen-bond donors (Lipinski definition) is 2. The zero-order chi connectivity index (χ0) is 15.8. The second-order valence-corrected chi connectivity index (χ2v) is 6.03. The molecule has 0 heterocycles. The van der Waals surface area contributed by atoms with Crippen molar-refractivity contribution in [3.63, 3.8) is 0 Å². The van der Waals surface area contributed by atoms with E-state index in [0.29, 0.717) is 23.7 Å². The number of hydrogen-bond acceptors (Lipinski definition) is 3. The number of amides is 1. The van der Waals surface area contributed by atoms with Gasteiger partial charge in [-0.1, -0.05) is 37.8 Å². The Labute approximate surface area is 144 Å². The second kappa shape index (κ2) is 10.4. The third-order valence-electron chi connectivity index (χ3n) is 4.25. The van der Waals surface area contributed by atoms with Gasteiger partial charge in [-0.15, -0.1) is 12.4 Å². The summed E-state index contributed by atoms with van der Waals surface area (Å²) in [5.41, 5.74) is 1.23. The summed E-state index contributed by atoms with van der Waals surface area (Å²) in [5.74, 6) is -0.0719. The fourth-order valence-corrected chi connectivity index (χ4v) is 2.89. The van der Waals surface area contributed by atoms with E-state index in [-0.39, 0.29) is 24.1 Å². The van der Waals surface area contributed by atoms with Crippen LogP contribution in [0.1, 0.15) is 66.2 Å². The van der Waals surface area contributed by atoms with Crippen molar-refractivity contribution in [1.29, 1.82) is 0 Å². The highest BCUT2D eigenvalue weighted by atomic mass is 35.5. The van der Waals surface area contributed by atoms with E-state index in [0.717, 1.165) is 6.54 Å². The molecule has 0 bridgehead atoms. The zero-order valence-corrected chi connectivity index (χ0v) is 14.6. The molecule has 128 valence electrons. The molecule has 0 aromatic heterocycles. The molecule has 1 aliphatic rings. The fourth-order valence-electron chi connectivity index (χ4n) is 2.89. The summed E-state index contributed by atoms with van der Waals surface area (Å²) in [6.07, 6.45) is 7.83. The smallest absolute Gasteiger partial charge is 0.251 e. The van der Waals surface area contributed by atoms with Crippen LogP contribution in [0.4, 0.5) is 0 Å². The van der Waals surface area contributed by atoms with Crippen molar-refractivity contribution in [3.8, 4) is 0 Å². The minimum atomic E-state index is -0.0854. The molecule has 2 N–H and O–H groups in total. The van der Waals surface area contributed by atoms with Gasteiger partial charge in [0, 0.05) is 30.3 Å². The number of rotatable bonds is 6. The lowest BCUT2D eigenvalue weighted by Gasteiger charge is -2.16. The standard InChI is InChI=1S/C18H26N2O2.ClH/c1-14(21)15-8-10-16(11-9-15)18(22)20-13-12-19-17-6-4-2-3-5-7-17;/h8-11,17,19H,2-7,12-13H2,1H3,(H,20,22);1H. The van der Waals surface area contributed by atoms with Crippen LogP contribution in [-0.4, -0.2) is 30.8 Å². The van der Waals surface area contributed by atoms with Gasteiger partial charge in [-0.3, -0.25) is 9.59 Å². The predicted molar refractivity (Wildman–Crippen MR) is 95.5 cm³/mol. The zero-order valence-electron chi connectivity index (χ0n) is 13.8. The van der Waals surface area contributed by atoms with Gasteiger partial charge in [-0.05, 0) is 31.9 Å². The molecule has 1 aromatic rings. The molecule has 23 heavy (non-hydrogen) atoms. The van der Waals surface area contributed by atoms with Crippen LogP contribution < -0.4 is 10.6 Å². The molecule has 0 unspecified atom stereocenters. The van der Waals surface area contributed by atoms with Crippen molar-refractivity contribution in [1.82, 2.24) is 10.6 Å². The predicted octanol–water partition coefficient (Wildman–Crippen LogP) is 3.35. The normalized spacial score (nSPS) is 15.3. The molecule has 0 radical (unpaired) electrons. The quantitative estimate of drug-likeness (QED) is 0.475. The third kappa shape index (κ3) is 6.71. The lowest BCUT2D eigenvalue weighted by atomic mass is 10.1. The minimum absolute atomic E-state index is 0. The lowest BCUT2D eigenvalue weighted by Crippen LogP contribution is -2.36. The number of nitrogens with one attached hydrogen (secondary N) is 2. The molecule has 2 rings (SSSR count). The highest BCUT2D eigenvalue weighted by Crippen LogP contribution is 2.16. The van der Waals surface area contributed by atoms with Gasteiger partial charge in [0.2, 0.25) is 0 Å². The Kier molecular flexibility index (Phi) is 8.89. The SMILES string of the molecule is CC(=O)c1ccc(C(=O)NCCNC2CCCCCC2)cc1.Cl. The van der Waals surface area contributed by atoms with Crippen LogP contribution in [0.15, 0.2) is 24.3 Å². The van der Waals surface area contributed by atoms with Crippen LogP contribution >= 0.6 is 12.4 Å². The van der Waals surface area contributed by atoms with Gasteiger partial charge in [0.25, 0.3) is 5.91 Å². The number of carbonyl (C=O) groups excluding carboxylic acids is 2. The number of halogens is 1. The summed E-state index contributed by atoms with van der Waals surface area (Å²) in [5, 5.41) is 6.45. The molecule has 5 heteroatoms. The minimum Gasteiger partial charge on any atom is -0.351 e. The van der Waals surface area contributed by atoms with Crippen molar-refractivity contribution >= 4 is 24.1 Å². The molecule has 4 nitrogen and oxygen atoms in total. The lowest BCUT2D eigenvalue weighted by molar-refractivity contribution is 0.0951. The van der Waals surface area contributed by atoms with Crippen LogP contribution in [0.3, 0.4) is 0 Å². The van der Waals surface area contributed by atoms with E-state index in [1.807, 2.05) is 0 Å². The van der Waals surface area contributed by atoms with Gasteiger partial charge in [0.05, 0.1) is 0 Å². The Hall–Kier alpha value is -1.39. The monoisotopic (exact) mass is 338 g/mol. The summed E-state index contributed by atoms with van der Waals surface area (Å²) < 4.78 is 0. The molecule has 1 saturated carbocycles. The van der Waals surface area contributed by atoms with Gasteiger partial charge in [0.1, 0.15) is 0 Å². The molecule has 1 fully saturated rings. The summed E-state index contributed by atoms with van der Waals surface area (Å²) in [7, 11) is 0. The molecule has 1 amide bonds. The average Bonchev–Trinajstić information content (AvgIpc) is 2.80. The summed E-state index contributed by atoms with van der Waals surface area (Å²) in [4.78, 5) is 23.2. The first-order valence-electron chi connectivity index (χ1n) is 8.29. The number of Topliss-reactive ketones (excluding diaryl/α,β-unsaturated/α-hetero) is 1. The maximum atomic E-state index is 12.0. The van der Waals surface area contributed by atoms with Crippen molar-refractivity contribution in [3.05, 3.63) is 35.4 Å². The van der Waals surface area contributed by atoms with E-state index in [4.69, 9.17) is 0 Å². The Balaban J connectivity index is 0.00000264. The Bertz CT molecular complexity index is 494. The van der Waals surface area contributed by atoms with Crippen molar-refractivity contribution in [2.24, 2.45) is 0 Å². The summed E-state index contributed by atoms with van der Waals surface area (Å²) >= 11 is 0. The number of carbonyl (C=O) groups is 2. The first-order valence-corrected chi connectivity index (χ1v) is 8.29. The Morgan fingerprint density at radius 3 is 2.09 bits per heavy atom. The number of ketones is 1. The van der Waals surface area contributed by atoms with Gasteiger partial charge >= 0.3 is 0 Å². The number of benzene rings is 1. The highest BCUT2D eigenvalue weighted by Gasteiger charge is 2.11. The highest BCUT2D eigenvalue weighted by molar-refractivity contribution is 5.97. The van der Waals surface area contributed by atoms with E-state index >= 15 is 0 Å². The molecular weight excluding hydrogens is 312 g/mol. The van der Waals surface area contributed by atoms with Gasteiger partial charge in [-0.2, -0.15) is 0 Å².